The Hall–Kier alpha value is -1.55. The molecule has 1 aliphatic rings. The van der Waals surface area contributed by atoms with Crippen molar-refractivity contribution >= 4 is 11.6 Å². The average molecular weight is 262 g/mol. The Morgan fingerprint density at radius 2 is 2.32 bits per heavy atom. The first-order valence-corrected chi connectivity index (χ1v) is 6.84. The number of ether oxygens (including phenoxy) is 1. The molecular formula is C15H22N2O2. The molecule has 0 bridgehead atoms. The van der Waals surface area contributed by atoms with Gasteiger partial charge in [-0.15, -0.1) is 0 Å². The second-order valence-electron chi connectivity index (χ2n) is 5.31. The summed E-state index contributed by atoms with van der Waals surface area (Å²) in [5, 5.41) is 0. The first-order valence-electron chi connectivity index (χ1n) is 6.84. The van der Waals surface area contributed by atoms with E-state index in [1.165, 1.54) is 0 Å². The van der Waals surface area contributed by atoms with E-state index in [0.717, 1.165) is 24.1 Å². The van der Waals surface area contributed by atoms with Crippen LogP contribution in [0.2, 0.25) is 0 Å². The van der Waals surface area contributed by atoms with Crippen LogP contribution < -0.4 is 5.73 Å². The minimum atomic E-state index is -0.261. The number of hydrogen-bond donors (Lipinski definition) is 1. The summed E-state index contributed by atoms with van der Waals surface area (Å²) in [6.45, 7) is 5.33. The molecule has 1 amide bonds. The van der Waals surface area contributed by atoms with E-state index in [-0.39, 0.29) is 18.1 Å². The van der Waals surface area contributed by atoms with Crippen LogP contribution in [0.5, 0.6) is 0 Å². The molecule has 0 saturated carbocycles. The number of amides is 1. The van der Waals surface area contributed by atoms with Crippen molar-refractivity contribution < 1.29 is 9.53 Å². The lowest BCUT2D eigenvalue weighted by Gasteiger charge is -2.29. The van der Waals surface area contributed by atoms with Crippen LogP contribution in [0.25, 0.3) is 0 Å². The number of anilines is 1. The van der Waals surface area contributed by atoms with Crippen LogP contribution in [0.15, 0.2) is 24.3 Å². The zero-order valence-electron chi connectivity index (χ0n) is 11.6. The third-order valence-electron chi connectivity index (χ3n) is 3.42. The first-order chi connectivity index (χ1) is 9.08. The van der Waals surface area contributed by atoms with Crippen molar-refractivity contribution in [1.82, 2.24) is 4.90 Å². The second kappa shape index (κ2) is 6.06. The Kier molecular flexibility index (Phi) is 4.43. The summed E-state index contributed by atoms with van der Waals surface area (Å²) in [7, 11) is 0. The van der Waals surface area contributed by atoms with E-state index in [9.17, 15) is 4.79 Å². The predicted octanol–water partition coefficient (Wildman–Crippen LogP) is 2.18. The van der Waals surface area contributed by atoms with Gasteiger partial charge in [0, 0.05) is 24.9 Å². The highest BCUT2D eigenvalue weighted by Gasteiger charge is 2.29. The molecule has 2 rings (SSSR count). The van der Waals surface area contributed by atoms with Gasteiger partial charge in [0.05, 0.1) is 0 Å². The molecule has 1 saturated heterocycles. The number of nitrogens with zero attached hydrogens (tertiary/aromatic N) is 1. The molecule has 1 unspecified atom stereocenters. The fraction of sp³-hybridized carbons (Fsp3) is 0.533. The fourth-order valence-electron chi connectivity index (χ4n) is 2.36. The van der Waals surface area contributed by atoms with Gasteiger partial charge < -0.3 is 15.4 Å². The molecule has 1 aliphatic heterocycles. The lowest BCUT2D eigenvalue weighted by Crippen LogP contribution is -2.42. The molecule has 4 heteroatoms. The zero-order valence-corrected chi connectivity index (χ0v) is 11.6. The number of benzene rings is 1. The fourth-order valence-corrected chi connectivity index (χ4v) is 2.36. The first kappa shape index (κ1) is 13.9. The van der Waals surface area contributed by atoms with Crippen LogP contribution in [-0.4, -0.2) is 29.6 Å². The van der Waals surface area contributed by atoms with E-state index in [1.54, 1.807) is 0 Å². The topological polar surface area (TPSA) is 55.6 Å². The zero-order chi connectivity index (χ0) is 13.8. The Labute approximate surface area is 114 Å². The van der Waals surface area contributed by atoms with Crippen molar-refractivity contribution in [3.8, 4) is 0 Å². The van der Waals surface area contributed by atoms with Crippen molar-refractivity contribution in [1.29, 1.82) is 0 Å². The van der Waals surface area contributed by atoms with Crippen LogP contribution in [0.4, 0.5) is 5.69 Å². The van der Waals surface area contributed by atoms with E-state index < -0.39 is 0 Å². The van der Waals surface area contributed by atoms with Gasteiger partial charge in [0.2, 0.25) is 0 Å². The maximum atomic E-state index is 12.4. The molecule has 104 valence electrons. The normalized spacial score (nSPS) is 18.8. The second-order valence-corrected chi connectivity index (χ2v) is 5.31. The number of hydrogen-bond acceptors (Lipinski definition) is 3. The SMILES string of the molecule is CC(C)N(Cc1cccc(N)c1)C(=O)C1CCCO1. The monoisotopic (exact) mass is 262 g/mol. The van der Waals surface area contributed by atoms with Crippen molar-refractivity contribution in [2.75, 3.05) is 12.3 Å². The van der Waals surface area contributed by atoms with Crippen molar-refractivity contribution in [3.05, 3.63) is 29.8 Å². The molecular weight excluding hydrogens is 240 g/mol. The van der Waals surface area contributed by atoms with Crippen molar-refractivity contribution in [2.45, 2.75) is 45.4 Å². The third-order valence-corrected chi connectivity index (χ3v) is 3.42. The van der Waals surface area contributed by atoms with Crippen LogP contribution in [-0.2, 0) is 16.1 Å². The smallest absolute Gasteiger partial charge is 0.252 e. The maximum Gasteiger partial charge on any atom is 0.252 e. The quantitative estimate of drug-likeness (QED) is 0.846. The molecule has 1 heterocycles. The van der Waals surface area contributed by atoms with E-state index in [1.807, 2.05) is 43.0 Å². The summed E-state index contributed by atoms with van der Waals surface area (Å²) < 4.78 is 5.49. The molecule has 4 nitrogen and oxygen atoms in total. The molecule has 0 aliphatic carbocycles. The standard InChI is InChI=1S/C15H22N2O2/c1-11(2)17(15(18)14-7-4-8-19-14)10-12-5-3-6-13(16)9-12/h3,5-6,9,11,14H,4,7-8,10,16H2,1-2H3. The Morgan fingerprint density at radius 1 is 1.53 bits per heavy atom. The van der Waals surface area contributed by atoms with Crippen molar-refractivity contribution in [3.63, 3.8) is 0 Å². The van der Waals surface area contributed by atoms with Gasteiger partial charge in [0.1, 0.15) is 6.10 Å². The summed E-state index contributed by atoms with van der Waals surface area (Å²) in [4.78, 5) is 14.3. The average Bonchev–Trinajstić information content (AvgIpc) is 2.88. The van der Waals surface area contributed by atoms with Crippen LogP contribution in [0.3, 0.4) is 0 Å². The highest BCUT2D eigenvalue weighted by molar-refractivity contribution is 5.81. The van der Waals surface area contributed by atoms with E-state index >= 15 is 0 Å². The molecule has 0 spiro atoms. The van der Waals surface area contributed by atoms with Gasteiger partial charge in [-0.05, 0) is 44.4 Å². The number of nitrogen functional groups attached to an aromatic ring is 1. The van der Waals surface area contributed by atoms with Gasteiger partial charge in [-0.3, -0.25) is 4.79 Å². The molecule has 1 fully saturated rings. The Balaban J connectivity index is 2.09. The molecule has 0 aromatic heterocycles. The maximum absolute atomic E-state index is 12.4. The van der Waals surface area contributed by atoms with Crippen LogP contribution in [0, 0.1) is 0 Å². The van der Waals surface area contributed by atoms with Gasteiger partial charge in [-0.1, -0.05) is 12.1 Å². The lowest BCUT2D eigenvalue weighted by molar-refractivity contribution is -0.143. The third kappa shape index (κ3) is 3.47. The number of carbonyl (C=O) groups excluding carboxylic acids is 1. The van der Waals surface area contributed by atoms with Crippen LogP contribution in [0.1, 0.15) is 32.3 Å². The minimum Gasteiger partial charge on any atom is -0.399 e. The molecule has 19 heavy (non-hydrogen) atoms. The van der Waals surface area contributed by atoms with Gasteiger partial charge >= 0.3 is 0 Å². The predicted molar refractivity (Wildman–Crippen MR) is 75.5 cm³/mol. The molecule has 1 atom stereocenters. The van der Waals surface area contributed by atoms with E-state index in [0.29, 0.717) is 13.2 Å². The van der Waals surface area contributed by atoms with Crippen molar-refractivity contribution in [2.24, 2.45) is 0 Å². The Bertz CT molecular complexity index is 440. The van der Waals surface area contributed by atoms with Gasteiger partial charge in [-0.25, -0.2) is 0 Å². The summed E-state index contributed by atoms with van der Waals surface area (Å²) in [6.07, 6.45) is 1.54. The molecule has 0 radical (unpaired) electrons. The summed E-state index contributed by atoms with van der Waals surface area (Å²) in [5.41, 5.74) is 7.56. The number of carbonyl (C=O) groups is 1. The highest BCUT2D eigenvalue weighted by Crippen LogP contribution is 2.19. The largest absolute Gasteiger partial charge is 0.399 e. The molecule has 2 N–H and O–H groups in total. The Morgan fingerprint density at radius 3 is 2.89 bits per heavy atom. The summed E-state index contributed by atoms with van der Waals surface area (Å²) in [6, 6.07) is 7.83. The highest BCUT2D eigenvalue weighted by atomic mass is 16.5. The van der Waals surface area contributed by atoms with E-state index in [4.69, 9.17) is 10.5 Å². The number of rotatable bonds is 4. The number of nitrogens with two attached hydrogens (primary N) is 1. The van der Waals surface area contributed by atoms with Gasteiger partial charge in [0.25, 0.3) is 5.91 Å². The molecule has 1 aromatic rings. The van der Waals surface area contributed by atoms with E-state index in [2.05, 4.69) is 0 Å². The summed E-state index contributed by atoms with van der Waals surface area (Å²) in [5.74, 6) is 0.0925. The lowest BCUT2D eigenvalue weighted by atomic mass is 10.1. The van der Waals surface area contributed by atoms with Gasteiger partial charge in [-0.2, -0.15) is 0 Å². The molecule has 1 aromatic carbocycles. The summed E-state index contributed by atoms with van der Waals surface area (Å²) >= 11 is 0. The van der Waals surface area contributed by atoms with Crippen LogP contribution >= 0.6 is 0 Å². The van der Waals surface area contributed by atoms with Gasteiger partial charge in [0.15, 0.2) is 0 Å². The minimum absolute atomic E-state index is 0.0925.